The van der Waals surface area contributed by atoms with Crippen LogP contribution in [-0.4, -0.2) is 23.7 Å². The molecule has 0 aliphatic rings. The standard InChI is InChI=1S/C11H17NO3S/c1-7(2)11(14)15-6-9(16)5-4-8(3)10(12)13/h4,9,16H,1,5-6H2,2-3H3,(H2,12,13)/b8-4+. The van der Waals surface area contributed by atoms with Crippen LogP contribution in [0.15, 0.2) is 23.8 Å². The van der Waals surface area contributed by atoms with Crippen LogP contribution in [0.25, 0.3) is 0 Å². The summed E-state index contributed by atoms with van der Waals surface area (Å²) in [6.45, 7) is 6.84. The van der Waals surface area contributed by atoms with Gasteiger partial charge in [0.15, 0.2) is 0 Å². The van der Waals surface area contributed by atoms with E-state index in [0.29, 0.717) is 17.6 Å². The Morgan fingerprint density at radius 3 is 2.50 bits per heavy atom. The van der Waals surface area contributed by atoms with Crippen molar-refractivity contribution in [2.24, 2.45) is 5.73 Å². The maximum Gasteiger partial charge on any atom is 0.333 e. The molecule has 0 radical (unpaired) electrons. The van der Waals surface area contributed by atoms with Crippen molar-refractivity contribution < 1.29 is 14.3 Å². The third kappa shape index (κ3) is 6.29. The minimum Gasteiger partial charge on any atom is -0.461 e. The molecule has 1 unspecified atom stereocenters. The molecule has 4 nitrogen and oxygen atoms in total. The first-order valence-corrected chi connectivity index (χ1v) is 5.33. The molecule has 0 aromatic rings. The van der Waals surface area contributed by atoms with E-state index in [1.807, 2.05) is 0 Å². The van der Waals surface area contributed by atoms with E-state index in [1.54, 1.807) is 19.9 Å². The normalized spacial score (nSPS) is 13.1. The molecule has 0 aliphatic carbocycles. The van der Waals surface area contributed by atoms with Crippen molar-refractivity contribution in [2.45, 2.75) is 25.5 Å². The maximum atomic E-state index is 11.0. The van der Waals surface area contributed by atoms with Crippen LogP contribution in [0.4, 0.5) is 0 Å². The van der Waals surface area contributed by atoms with Gasteiger partial charge in [-0.2, -0.15) is 12.6 Å². The van der Waals surface area contributed by atoms with Crippen molar-refractivity contribution in [1.82, 2.24) is 0 Å². The van der Waals surface area contributed by atoms with Crippen LogP contribution >= 0.6 is 12.6 Å². The molecule has 0 spiro atoms. The zero-order valence-corrected chi connectivity index (χ0v) is 10.4. The Hall–Kier alpha value is -1.23. The van der Waals surface area contributed by atoms with Crippen molar-refractivity contribution >= 4 is 24.5 Å². The Morgan fingerprint density at radius 2 is 2.06 bits per heavy atom. The first-order valence-electron chi connectivity index (χ1n) is 4.81. The van der Waals surface area contributed by atoms with Gasteiger partial charge in [-0.15, -0.1) is 0 Å². The number of rotatable bonds is 6. The van der Waals surface area contributed by atoms with E-state index in [4.69, 9.17) is 10.5 Å². The van der Waals surface area contributed by atoms with Crippen LogP contribution in [0, 0.1) is 0 Å². The average Bonchev–Trinajstić information content (AvgIpc) is 2.21. The Labute approximate surface area is 101 Å². The lowest BCUT2D eigenvalue weighted by molar-refractivity contribution is -0.138. The van der Waals surface area contributed by atoms with Crippen molar-refractivity contribution in [2.75, 3.05) is 6.61 Å². The molecule has 90 valence electrons. The lowest BCUT2D eigenvalue weighted by Gasteiger charge is -2.09. The van der Waals surface area contributed by atoms with E-state index in [0.717, 1.165) is 0 Å². The number of hydrogen-bond donors (Lipinski definition) is 2. The number of primary amides is 1. The highest BCUT2D eigenvalue weighted by atomic mass is 32.1. The van der Waals surface area contributed by atoms with E-state index in [2.05, 4.69) is 19.2 Å². The van der Waals surface area contributed by atoms with Gasteiger partial charge in [-0.05, 0) is 20.3 Å². The summed E-state index contributed by atoms with van der Waals surface area (Å²) in [6, 6.07) is 0. The van der Waals surface area contributed by atoms with Crippen LogP contribution in [0.1, 0.15) is 20.3 Å². The second-order valence-corrected chi connectivity index (χ2v) is 4.25. The molecule has 0 aromatic carbocycles. The summed E-state index contributed by atoms with van der Waals surface area (Å²) in [5.74, 6) is -0.894. The number of nitrogens with two attached hydrogens (primary N) is 1. The first-order chi connectivity index (χ1) is 7.34. The van der Waals surface area contributed by atoms with Gasteiger partial charge in [0.2, 0.25) is 5.91 Å². The van der Waals surface area contributed by atoms with Crippen molar-refractivity contribution in [1.29, 1.82) is 0 Å². The molecule has 16 heavy (non-hydrogen) atoms. The monoisotopic (exact) mass is 243 g/mol. The van der Waals surface area contributed by atoms with Gasteiger partial charge in [-0.25, -0.2) is 4.79 Å². The number of esters is 1. The summed E-state index contributed by atoms with van der Waals surface area (Å²) in [5.41, 5.74) is 5.88. The van der Waals surface area contributed by atoms with Crippen LogP contribution in [0.3, 0.4) is 0 Å². The van der Waals surface area contributed by atoms with E-state index >= 15 is 0 Å². The minimum atomic E-state index is -0.459. The lowest BCUT2D eigenvalue weighted by Crippen LogP contribution is -2.15. The zero-order valence-electron chi connectivity index (χ0n) is 9.53. The van der Waals surface area contributed by atoms with E-state index in [9.17, 15) is 9.59 Å². The van der Waals surface area contributed by atoms with Crippen LogP contribution in [0.5, 0.6) is 0 Å². The highest BCUT2D eigenvalue weighted by Gasteiger charge is 2.08. The molecular formula is C11H17NO3S. The van der Waals surface area contributed by atoms with Gasteiger partial charge in [0.05, 0.1) is 0 Å². The van der Waals surface area contributed by atoms with E-state index in [1.165, 1.54) is 0 Å². The van der Waals surface area contributed by atoms with Crippen molar-refractivity contribution in [3.8, 4) is 0 Å². The van der Waals surface area contributed by atoms with Gasteiger partial charge >= 0.3 is 5.97 Å². The summed E-state index contributed by atoms with van der Waals surface area (Å²) in [7, 11) is 0. The molecule has 1 amide bonds. The number of thiol groups is 1. The largest absolute Gasteiger partial charge is 0.461 e. The number of allylic oxidation sites excluding steroid dienone is 1. The fourth-order valence-corrected chi connectivity index (χ4v) is 0.956. The highest BCUT2D eigenvalue weighted by Crippen LogP contribution is 2.06. The number of ether oxygens (including phenoxy) is 1. The summed E-state index contributed by atoms with van der Waals surface area (Å²) in [4.78, 5) is 21.7. The Bertz CT molecular complexity index is 323. The Kier molecular flexibility index (Phi) is 6.56. The smallest absolute Gasteiger partial charge is 0.333 e. The molecule has 0 fully saturated rings. The number of amides is 1. The molecule has 1 atom stereocenters. The number of hydrogen-bond acceptors (Lipinski definition) is 4. The topological polar surface area (TPSA) is 69.4 Å². The zero-order chi connectivity index (χ0) is 12.7. The fraction of sp³-hybridized carbons (Fsp3) is 0.455. The van der Waals surface area contributed by atoms with Crippen molar-refractivity contribution in [3.63, 3.8) is 0 Å². The molecule has 0 saturated carbocycles. The first kappa shape index (κ1) is 14.8. The molecular weight excluding hydrogens is 226 g/mol. The molecule has 0 bridgehead atoms. The highest BCUT2D eigenvalue weighted by molar-refractivity contribution is 7.81. The van der Waals surface area contributed by atoms with Crippen molar-refractivity contribution in [3.05, 3.63) is 23.8 Å². The molecule has 0 heterocycles. The Balaban J connectivity index is 3.97. The van der Waals surface area contributed by atoms with Crippen LogP contribution in [0.2, 0.25) is 0 Å². The van der Waals surface area contributed by atoms with Crippen LogP contribution in [-0.2, 0) is 14.3 Å². The SMILES string of the molecule is C=C(C)C(=O)OCC(S)C/C=C(\C)C(N)=O. The Morgan fingerprint density at radius 1 is 1.50 bits per heavy atom. The van der Waals surface area contributed by atoms with Gasteiger partial charge in [-0.1, -0.05) is 12.7 Å². The maximum absolute atomic E-state index is 11.0. The second kappa shape index (κ2) is 7.11. The molecule has 0 aliphatic heterocycles. The van der Waals surface area contributed by atoms with Gasteiger partial charge in [-0.3, -0.25) is 4.79 Å². The van der Waals surface area contributed by atoms with E-state index < -0.39 is 11.9 Å². The number of carbonyl (C=O) groups excluding carboxylic acids is 2. The molecule has 0 aromatic heterocycles. The molecule has 2 N–H and O–H groups in total. The van der Waals surface area contributed by atoms with Gasteiger partial charge in [0.25, 0.3) is 0 Å². The summed E-state index contributed by atoms with van der Waals surface area (Å²) in [6.07, 6.45) is 2.19. The van der Waals surface area contributed by atoms with E-state index in [-0.39, 0.29) is 11.9 Å². The number of carbonyl (C=O) groups is 2. The van der Waals surface area contributed by atoms with Gasteiger partial charge in [0.1, 0.15) is 6.61 Å². The third-order valence-electron chi connectivity index (χ3n) is 1.84. The summed E-state index contributed by atoms with van der Waals surface area (Å²) in [5, 5.41) is -0.155. The molecule has 5 heteroatoms. The average molecular weight is 243 g/mol. The van der Waals surface area contributed by atoms with Gasteiger partial charge < -0.3 is 10.5 Å². The molecule has 0 saturated heterocycles. The predicted octanol–water partition coefficient (Wildman–Crippen LogP) is 1.23. The second-order valence-electron chi connectivity index (χ2n) is 3.52. The fourth-order valence-electron chi connectivity index (χ4n) is 0.777. The van der Waals surface area contributed by atoms with Gasteiger partial charge in [0, 0.05) is 16.4 Å². The van der Waals surface area contributed by atoms with Crippen LogP contribution < -0.4 is 5.73 Å². The lowest BCUT2D eigenvalue weighted by atomic mass is 10.2. The third-order valence-corrected chi connectivity index (χ3v) is 2.20. The summed E-state index contributed by atoms with van der Waals surface area (Å²) < 4.78 is 4.90. The quantitative estimate of drug-likeness (QED) is 0.419. The summed E-state index contributed by atoms with van der Waals surface area (Å²) >= 11 is 4.21. The minimum absolute atomic E-state index is 0.155. The molecule has 0 rings (SSSR count). The predicted molar refractivity (Wildman–Crippen MR) is 66.1 cm³/mol.